The molecule has 0 bridgehead atoms. The summed E-state index contributed by atoms with van der Waals surface area (Å²) in [5.74, 6) is -1.16. The van der Waals surface area contributed by atoms with E-state index in [9.17, 15) is 8.78 Å². The molecule has 0 spiro atoms. The Hall–Kier alpha value is -2.42. The largest absolute Gasteiger partial charge is 0.491 e. The molecule has 0 saturated heterocycles. The minimum atomic E-state index is -0.928. The molecule has 1 aliphatic carbocycles. The van der Waals surface area contributed by atoms with Crippen LogP contribution in [-0.2, 0) is 6.42 Å². The number of hydrogen-bond acceptors (Lipinski definition) is 1. The fourth-order valence-corrected chi connectivity index (χ4v) is 4.04. The predicted molar refractivity (Wildman–Crippen MR) is 121 cm³/mol. The van der Waals surface area contributed by atoms with Crippen LogP contribution in [0.15, 0.2) is 60.2 Å². The second kappa shape index (κ2) is 11.1. The van der Waals surface area contributed by atoms with Crippen LogP contribution in [0.2, 0.25) is 0 Å². The van der Waals surface area contributed by atoms with Crippen molar-refractivity contribution in [2.75, 3.05) is 6.61 Å². The van der Waals surface area contributed by atoms with Gasteiger partial charge < -0.3 is 4.74 Å². The SMILES string of the molecule is CCCC1=CCC(C=CCCc2ccc(-c3ccc(OCC)c(F)c3F)cc2)CC1. The first-order valence-corrected chi connectivity index (χ1v) is 11.2. The zero-order valence-electron chi connectivity index (χ0n) is 18.1. The molecule has 0 fully saturated rings. The molecule has 3 rings (SSSR count). The Morgan fingerprint density at radius 2 is 1.80 bits per heavy atom. The maximum absolute atomic E-state index is 14.4. The molecule has 2 aromatic carbocycles. The third-order valence-electron chi connectivity index (χ3n) is 5.74. The van der Waals surface area contributed by atoms with Gasteiger partial charge in [-0.1, -0.05) is 61.4 Å². The van der Waals surface area contributed by atoms with Crippen molar-refractivity contribution in [3.8, 4) is 16.9 Å². The van der Waals surface area contributed by atoms with Crippen LogP contribution in [-0.4, -0.2) is 6.61 Å². The fraction of sp³-hybridized carbons (Fsp3) is 0.407. The zero-order chi connectivity index (χ0) is 21.3. The molecule has 1 aliphatic rings. The highest BCUT2D eigenvalue weighted by Crippen LogP contribution is 2.30. The van der Waals surface area contributed by atoms with E-state index in [0.29, 0.717) is 18.1 Å². The van der Waals surface area contributed by atoms with Crippen molar-refractivity contribution in [2.24, 2.45) is 5.92 Å². The van der Waals surface area contributed by atoms with E-state index in [0.717, 1.165) is 12.8 Å². The second-order valence-corrected chi connectivity index (χ2v) is 7.98. The highest BCUT2D eigenvalue weighted by molar-refractivity contribution is 5.65. The summed E-state index contributed by atoms with van der Waals surface area (Å²) in [5.41, 5.74) is 3.76. The molecule has 0 saturated carbocycles. The molecule has 160 valence electrons. The van der Waals surface area contributed by atoms with Crippen LogP contribution in [0.25, 0.3) is 11.1 Å². The summed E-state index contributed by atoms with van der Waals surface area (Å²) in [5, 5.41) is 0. The molecule has 1 atom stereocenters. The van der Waals surface area contributed by atoms with Gasteiger partial charge in [-0.05, 0) is 74.6 Å². The van der Waals surface area contributed by atoms with Gasteiger partial charge in [0.05, 0.1) is 6.61 Å². The van der Waals surface area contributed by atoms with Crippen LogP contribution < -0.4 is 4.74 Å². The summed E-state index contributed by atoms with van der Waals surface area (Å²) in [6.07, 6.45) is 15.2. The van der Waals surface area contributed by atoms with Crippen LogP contribution in [0.5, 0.6) is 5.75 Å². The lowest BCUT2D eigenvalue weighted by Crippen LogP contribution is -2.02. The molecule has 0 heterocycles. The monoisotopic (exact) mass is 410 g/mol. The summed E-state index contributed by atoms with van der Waals surface area (Å²) in [6.45, 7) is 4.29. The quantitative estimate of drug-likeness (QED) is 0.380. The van der Waals surface area contributed by atoms with E-state index >= 15 is 0 Å². The Kier molecular flexibility index (Phi) is 8.24. The third kappa shape index (κ3) is 5.81. The van der Waals surface area contributed by atoms with Crippen molar-refractivity contribution < 1.29 is 13.5 Å². The molecular formula is C27H32F2O. The van der Waals surface area contributed by atoms with Gasteiger partial charge in [0.15, 0.2) is 11.6 Å². The molecule has 0 amide bonds. The van der Waals surface area contributed by atoms with E-state index in [1.54, 1.807) is 18.6 Å². The van der Waals surface area contributed by atoms with Crippen molar-refractivity contribution in [1.29, 1.82) is 0 Å². The Morgan fingerprint density at radius 1 is 1.00 bits per heavy atom. The van der Waals surface area contributed by atoms with Gasteiger partial charge in [-0.25, -0.2) is 4.39 Å². The molecule has 3 heteroatoms. The van der Waals surface area contributed by atoms with Gasteiger partial charge in [-0.3, -0.25) is 0 Å². The first-order chi connectivity index (χ1) is 14.6. The molecule has 0 N–H and O–H groups in total. The number of ether oxygens (including phenoxy) is 1. The topological polar surface area (TPSA) is 9.23 Å². The summed E-state index contributed by atoms with van der Waals surface area (Å²) >= 11 is 0. The number of rotatable bonds is 9. The van der Waals surface area contributed by atoms with Crippen molar-refractivity contribution in [3.63, 3.8) is 0 Å². The lowest BCUT2D eigenvalue weighted by atomic mass is 9.87. The number of hydrogen-bond donors (Lipinski definition) is 0. The van der Waals surface area contributed by atoms with Gasteiger partial charge in [-0.15, -0.1) is 0 Å². The van der Waals surface area contributed by atoms with Crippen LogP contribution in [0.1, 0.15) is 57.9 Å². The third-order valence-corrected chi connectivity index (χ3v) is 5.74. The summed E-state index contributed by atoms with van der Waals surface area (Å²) in [6, 6.07) is 10.8. The predicted octanol–water partition coefficient (Wildman–Crippen LogP) is 8.05. The van der Waals surface area contributed by atoms with Gasteiger partial charge in [0, 0.05) is 5.56 Å². The first kappa shape index (κ1) is 22.3. The van der Waals surface area contributed by atoms with E-state index in [-0.39, 0.29) is 11.3 Å². The van der Waals surface area contributed by atoms with E-state index < -0.39 is 11.6 Å². The maximum Gasteiger partial charge on any atom is 0.201 e. The lowest BCUT2D eigenvalue weighted by Gasteiger charge is -2.18. The average Bonchev–Trinajstić information content (AvgIpc) is 2.77. The zero-order valence-corrected chi connectivity index (χ0v) is 18.1. The van der Waals surface area contributed by atoms with Crippen molar-refractivity contribution >= 4 is 0 Å². The number of allylic oxidation sites excluding steroid dienone is 4. The van der Waals surface area contributed by atoms with E-state index in [2.05, 4.69) is 25.2 Å². The van der Waals surface area contributed by atoms with E-state index in [1.165, 1.54) is 43.7 Å². The van der Waals surface area contributed by atoms with Gasteiger partial charge in [0.2, 0.25) is 5.82 Å². The molecule has 1 nitrogen and oxygen atoms in total. The smallest absolute Gasteiger partial charge is 0.201 e. The standard InChI is InChI=1S/C27H32F2O/c1-3-7-20-10-12-21(13-11-20)8-5-6-9-22-14-16-23(17-15-22)24-18-19-25(30-4-2)27(29)26(24)28/h5,8,10,14-19,21H,3-4,6-7,9,11-13H2,1-2H3. The highest BCUT2D eigenvalue weighted by atomic mass is 19.2. The van der Waals surface area contributed by atoms with Crippen LogP contribution in [0, 0.1) is 17.6 Å². The van der Waals surface area contributed by atoms with Crippen molar-refractivity contribution in [2.45, 2.75) is 58.8 Å². The molecule has 30 heavy (non-hydrogen) atoms. The Balaban J connectivity index is 1.54. The fourth-order valence-electron chi connectivity index (χ4n) is 4.04. The van der Waals surface area contributed by atoms with Gasteiger partial charge in [-0.2, -0.15) is 4.39 Å². The molecule has 2 aromatic rings. The van der Waals surface area contributed by atoms with Crippen LogP contribution >= 0.6 is 0 Å². The van der Waals surface area contributed by atoms with Crippen molar-refractivity contribution in [1.82, 2.24) is 0 Å². The normalized spacial score (nSPS) is 16.7. The second-order valence-electron chi connectivity index (χ2n) is 7.98. The van der Waals surface area contributed by atoms with Gasteiger partial charge in [0.1, 0.15) is 0 Å². The molecule has 1 unspecified atom stereocenters. The average molecular weight is 411 g/mol. The minimum Gasteiger partial charge on any atom is -0.491 e. The van der Waals surface area contributed by atoms with Gasteiger partial charge >= 0.3 is 0 Å². The summed E-state index contributed by atoms with van der Waals surface area (Å²) in [7, 11) is 0. The molecular weight excluding hydrogens is 378 g/mol. The Morgan fingerprint density at radius 3 is 2.47 bits per heavy atom. The maximum atomic E-state index is 14.4. The summed E-state index contributed by atoms with van der Waals surface area (Å²) < 4.78 is 33.6. The number of halogens is 2. The van der Waals surface area contributed by atoms with Crippen LogP contribution in [0.3, 0.4) is 0 Å². The number of aryl methyl sites for hydroxylation is 1. The summed E-state index contributed by atoms with van der Waals surface area (Å²) in [4.78, 5) is 0. The van der Waals surface area contributed by atoms with E-state index in [1.807, 2.05) is 24.3 Å². The number of benzene rings is 2. The lowest BCUT2D eigenvalue weighted by molar-refractivity contribution is 0.314. The van der Waals surface area contributed by atoms with Gasteiger partial charge in [0.25, 0.3) is 0 Å². The minimum absolute atomic E-state index is 0.0443. The Labute approximate surface area is 179 Å². The van der Waals surface area contributed by atoms with E-state index in [4.69, 9.17) is 4.74 Å². The molecule has 0 aliphatic heterocycles. The van der Waals surface area contributed by atoms with Crippen molar-refractivity contribution in [3.05, 3.63) is 77.4 Å². The highest BCUT2D eigenvalue weighted by Gasteiger charge is 2.15. The first-order valence-electron chi connectivity index (χ1n) is 11.2. The van der Waals surface area contributed by atoms with Crippen LogP contribution in [0.4, 0.5) is 8.78 Å². The Bertz CT molecular complexity index is 880. The molecule has 0 radical (unpaired) electrons. The molecule has 0 aromatic heterocycles.